The summed E-state index contributed by atoms with van der Waals surface area (Å²) in [7, 11) is 2.04. The van der Waals surface area contributed by atoms with Crippen LogP contribution < -0.4 is 11.1 Å². The molecular formula is C35H39N9O. The Kier molecular flexibility index (Phi) is 7.66. The zero-order valence-electron chi connectivity index (χ0n) is 25.7. The van der Waals surface area contributed by atoms with Crippen molar-refractivity contribution in [3.05, 3.63) is 90.9 Å². The van der Waals surface area contributed by atoms with Crippen molar-refractivity contribution >= 4 is 22.9 Å². The molecule has 4 aromatic heterocycles. The van der Waals surface area contributed by atoms with Crippen molar-refractivity contribution in [3.8, 4) is 22.9 Å². The second-order valence-electron chi connectivity index (χ2n) is 12.4. The quantitative estimate of drug-likeness (QED) is 0.275. The van der Waals surface area contributed by atoms with Gasteiger partial charge in [-0.15, -0.1) is 0 Å². The van der Waals surface area contributed by atoms with Crippen molar-refractivity contribution in [3.63, 3.8) is 0 Å². The van der Waals surface area contributed by atoms with Gasteiger partial charge in [0.25, 0.3) is 0 Å². The minimum atomic E-state index is 0.0939. The molecule has 1 aromatic carbocycles. The number of nitrogen functional groups attached to an aromatic ring is 1. The average molecular weight is 602 g/mol. The van der Waals surface area contributed by atoms with Crippen LogP contribution in [-0.4, -0.2) is 66.3 Å². The Morgan fingerprint density at radius 3 is 2.60 bits per heavy atom. The van der Waals surface area contributed by atoms with Crippen LogP contribution in [0.15, 0.2) is 79.8 Å². The monoisotopic (exact) mass is 601 g/mol. The third kappa shape index (κ3) is 5.50. The van der Waals surface area contributed by atoms with E-state index in [1.165, 1.54) is 49.3 Å². The van der Waals surface area contributed by atoms with Crippen LogP contribution in [0.25, 0.3) is 34.1 Å². The molecule has 3 aliphatic rings. The zero-order valence-corrected chi connectivity index (χ0v) is 25.7. The highest BCUT2D eigenvalue weighted by Crippen LogP contribution is 2.43. The minimum Gasteiger partial charge on any atom is -0.383 e. The second kappa shape index (κ2) is 11.9. The number of fused-ring (bicyclic) bond motifs is 2. The van der Waals surface area contributed by atoms with E-state index in [4.69, 9.17) is 15.7 Å². The topological polar surface area (TPSA) is 120 Å². The number of aromatic nitrogens is 6. The van der Waals surface area contributed by atoms with E-state index in [1.54, 1.807) is 17.1 Å². The standard InChI is InChI=1S/C23H19N7.C12H20N2O/c24-21-18(6-2-11-25-21)22-27-19-9-10-20(29-13-3-12-26-29)28-23(19)30(22)17-8-7-15-4-1-5-16(15)14-17;1-3-11(15)14-8-12(9-14)6-4-10(13-2)5-7-12/h2-3,6-14H,1,4-5H2,(H2,24,25);3,10,13H,1,4-9H2,2H3. The summed E-state index contributed by atoms with van der Waals surface area (Å²) in [6.45, 7) is 5.43. The number of hydrogen-bond donors (Lipinski definition) is 2. The van der Waals surface area contributed by atoms with E-state index in [1.807, 2.05) is 48.5 Å². The lowest BCUT2D eigenvalue weighted by Crippen LogP contribution is -2.59. The molecule has 3 N–H and O–H groups in total. The van der Waals surface area contributed by atoms with Crippen molar-refractivity contribution in [2.45, 2.75) is 51.0 Å². The van der Waals surface area contributed by atoms with Crippen LogP contribution in [0.3, 0.4) is 0 Å². The molecule has 0 radical (unpaired) electrons. The number of nitrogens with two attached hydrogens (primary N) is 1. The van der Waals surface area contributed by atoms with Crippen LogP contribution in [0.5, 0.6) is 0 Å². The molecule has 8 rings (SSSR count). The summed E-state index contributed by atoms with van der Waals surface area (Å²) >= 11 is 0. The van der Waals surface area contributed by atoms with Crippen LogP contribution in [0.2, 0.25) is 0 Å². The molecule has 0 atom stereocenters. The molecule has 1 saturated heterocycles. The summed E-state index contributed by atoms with van der Waals surface area (Å²) in [4.78, 5) is 27.3. The van der Waals surface area contributed by atoms with Crippen molar-refractivity contribution in [1.82, 2.24) is 39.5 Å². The molecule has 230 valence electrons. The Labute approximate surface area is 263 Å². The van der Waals surface area contributed by atoms with Gasteiger partial charge in [-0.2, -0.15) is 5.10 Å². The van der Waals surface area contributed by atoms with Gasteiger partial charge in [0.05, 0.1) is 5.56 Å². The Bertz CT molecular complexity index is 1840. The first-order chi connectivity index (χ1) is 22.0. The zero-order chi connectivity index (χ0) is 31.0. The van der Waals surface area contributed by atoms with Crippen molar-refractivity contribution in [2.75, 3.05) is 25.9 Å². The molecule has 10 heteroatoms. The molecule has 10 nitrogen and oxygen atoms in total. The largest absolute Gasteiger partial charge is 0.383 e. The fraction of sp³-hybridized carbons (Fsp3) is 0.343. The molecule has 1 spiro atoms. The lowest BCUT2D eigenvalue weighted by molar-refractivity contribution is -0.140. The van der Waals surface area contributed by atoms with Gasteiger partial charge in [-0.1, -0.05) is 12.6 Å². The maximum Gasteiger partial charge on any atom is 0.245 e. The molecule has 5 aromatic rings. The maximum atomic E-state index is 11.3. The first-order valence-corrected chi connectivity index (χ1v) is 15.8. The van der Waals surface area contributed by atoms with Gasteiger partial charge in [0, 0.05) is 48.8 Å². The molecule has 0 unspecified atom stereocenters. The first kappa shape index (κ1) is 28.9. The number of benzene rings is 1. The smallest absolute Gasteiger partial charge is 0.245 e. The van der Waals surface area contributed by atoms with Gasteiger partial charge in [-0.3, -0.25) is 9.36 Å². The van der Waals surface area contributed by atoms with Crippen molar-refractivity contribution in [1.29, 1.82) is 0 Å². The highest BCUT2D eigenvalue weighted by Gasteiger charge is 2.46. The number of pyridine rings is 2. The minimum absolute atomic E-state index is 0.0939. The highest BCUT2D eigenvalue weighted by molar-refractivity contribution is 5.87. The highest BCUT2D eigenvalue weighted by atomic mass is 16.2. The van der Waals surface area contributed by atoms with E-state index in [9.17, 15) is 4.79 Å². The van der Waals surface area contributed by atoms with E-state index >= 15 is 0 Å². The van der Waals surface area contributed by atoms with E-state index < -0.39 is 0 Å². The van der Waals surface area contributed by atoms with Crippen LogP contribution in [0.4, 0.5) is 5.82 Å². The van der Waals surface area contributed by atoms with Gasteiger partial charge >= 0.3 is 0 Å². The normalized spacial score (nSPS) is 17.0. The summed E-state index contributed by atoms with van der Waals surface area (Å²) in [5.74, 6) is 2.01. The number of nitrogens with zero attached hydrogens (tertiary/aromatic N) is 7. The van der Waals surface area contributed by atoms with Gasteiger partial charge in [-0.25, -0.2) is 19.6 Å². The van der Waals surface area contributed by atoms with Gasteiger partial charge in [0.15, 0.2) is 17.3 Å². The number of nitrogens with one attached hydrogen (secondary N) is 1. The number of hydrogen-bond acceptors (Lipinski definition) is 7. The number of imidazole rings is 1. The summed E-state index contributed by atoms with van der Waals surface area (Å²) in [6, 6.07) is 16.9. The molecule has 5 heterocycles. The number of carbonyl (C=O) groups excluding carboxylic acids is 1. The Balaban J connectivity index is 0.000000183. The van der Waals surface area contributed by atoms with E-state index in [-0.39, 0.29) is 5.91 Å². The van der Waals surface area contributed by atoms with Gasteiger partial charge in [0.1, 0.15) is 11.3 Å². The van der Waals surface area contributed by atoms with E-state index in [0.29, 0.717) is 17.3 Å². The van der Waals surface area contributed by atoms with Gasteiger partial charge in [0.2, 0.25) is 5.91 Å². The van der Waals surface area contributed by atoms with Crippen molar-refractivity contribution in [2.24, 2.45) is 5.41 Å². The summed E-state index contributed by atoms with van der Waals surface area (Å²) in [5.41, 5.74) is 12.9. The Morgan fingerprint density at radius 2 is 1.87 bits per heavy atom. The molecule has 2 fully saturated rings. The number of aryl methyl sites for hydroxylation is 2. The molecule has 1 saturated carbocycles. The second-order valence-corrected chi connectivity index (χ2v) is 12.4. The average Bonchev–Trinajstić information content (AvgIpc) is 3.83. The first-order valence-electron chi connectivity index (χ1n) is 15.8. The SMILES string of the molecule is C=CC(=O)N1CC2(CCC(NC)CC2)C1.Nc1ncccc1-c1nc2ccc(-n3cccn3)nc2n1-c1ccc2c(c1)CCC2. The third-order valence-electron chi connectivity index (χ3n) is 9.64. The van der Waals surface area contributed by atoms with Gasteiger partial charge < -0.3 is 16.0 Å². The van der Waals surface area contributed by atoms with Crippen LogP contribution in [-0.2, 0) is 17.6 Å². The van der Waals surface area contributed by atoms with Crippen LogP contribution in [0, 0.1) is 5.41 Å². The lowest BCUT2D eigenvalue weighted by Gasteiger charge is -2.53. The predicted octanol–water partition coefficient (Wildman–Crippen LogP) is 4.90. The predicted molar refractivity (Wildman–Crippen MR) is 176 cm³/mol. The Hall–Kier alpha value is -4.83. The number of carbonyl (C=O) groups is 1. The summed E-state index contributed by atoms with van der Waals surface area (Å²) in [6.07, 6.45) is 15.2. The fourth-order valence-corrected chi connectivity index (χ4v) is 7.09. The van der Waals surface area contributed by atoms with E-state index in [0.717, 1.165) is 60.0 Å². The molecular weight excluding hydrogens is 562 g/mol. The fourth-order valence-electron chi connectivity index (χ4n) is 7.09. The maximum absolute atomic E-state index is 11.3. The van der Waals surface area contributed by atoms with E-state index in [2.05, 4.69) is 44.7 Å². The molecule has 2 aliphatic carbocycles. The molecule has 45 heavy (non-hydrogen) atoms. The summed E-state index contributed by atoms with van der Waals surface area (Å²) < 4.78 is 3.83. The Morgan fingerprint density at radius 1 is 1.04 bits per heavy atom. The molecule has 1 aliphatic heterocycles. The molecule has 0 bridgehead atoms. The van der Waals surface area contributed by atoms with Crippen LogP contribution >= 0.6 is 0 Å². The van der Waals surface area contributed by atoms with Gasteiger partial charge in [-0.05, 0) is 112 Å². The number of amides is 1. The number of anilines is 1. The lowest BCUT2D eigenvalue weighted by atomic mass is 9.67. The number of rotatable bonds is 5. The van der Waals surface area contributed by atoms with Crippen molar-refractivity contribution < 1.29 is 4.79 Å². The third-order valence-corrected chi connectivity index (χ3v) is 9.64. The van der Waals surface area contributed by atoms with Crippen LogP contribution in [0.1, 0.15) is 43.2 Å². The molecule has 1 amide bonds. The number of likely N-dealkylation sites (tertiary alicyclic amines) is 1. The summed E-state index contributed by atoms with van der Waals surface area (Å²) in [5, 5.41) is 7.65.